The van der Waals surface area contributed by atoms with Crippen LogP contribution in [0.2, 0.25) is 0 Å². The maximum absolute atomic E-state index is 12.6. The van der Waals surface area contributed by atoms with Gasteiger partial charge >= 0.3 is 15.8 Å². The van der Waals surface area contributed by atoms with E-state index in [2.05, 4.69) is 15.0 Å². The molecule has 0 aliphatic carbocycles. The third kappa shape index (κ3) is 3.08. The molecule has 0 spiro atoms. The minimum atomic E-state index is -4.27. The van der Waals surface area contributed by atoms with Crippen LogP contribution < -0.4 is 9.29 Å². The minimum absolute atomic E-state index is 0.0452. The van der Waals surface area contributed by atoms with Crippen molar-refractivity contribution in [1.82, 2.24) is 0 Å². The highest BCUT2D eigenvalue weighted by Crippen LogP contribution is 2.36. The van der Waals surface area contributed by atoms with Gasteiger partial charge in [0, 0.05) is 22.1 Å². The second-order valence-corrected chi connectivity index (χ2v) is 6.60. The van der Waals surface area contributed by atoms with Crippen LogP contribution in [-0.4, -0.2) is 8.42 Å². The lowest BCUT2D eigenvalue weighted by molar-refractivity contribution is -0.264. The average Bonchev–Trinajstić information content (AvgIpc) is 2.62. The number of hydrogen-bond donors (Lipinski definition) is 0. The molecule has 0 aliphatic rings. The Morgan fingerprint density at radius 2 is 1.85 bits per heavy atom. The van der Waals surface area contributed by atoms with Crippen LogP contribution in [0.3, 0.4) is 0 Å². The Labute approximate surface area is 147 Å². The summed E-state index contributed by atoms with van der Waals surface area (Å²) in [6.45, 7) is 0. The van der Waals surface area contributed by atoms with Gasteiger partial charge in [-0.1, -0.05) is 29.4 Å². The molecule has 0 unspecified atom stereocenters. The van der Waals surface area contributed by atoms with Gasteiger partial charge in [-0.15, -0.1) is 0 Å². The molecule has 0 bridgehead atoms. The van der Waals surface area contributed by atoms with Crippen molar-refractivity contribution < 1.29 is 17.7 Å². The molecule has 0 saturated carbocycles. The molecule has 0 N–H and O–H groups in total. The van der Waals surface area contributed by atoms with E-state index in [9.17, 15) is 13.5 Å². The maximum Gasteiger partial charge on any atom is 0.378 e. The lowest BCUT2D eigenvalue weighted by Gasteiger charge is -2.12. The van der Waals surface area contributed by atoms with Gasteiger partial charge in [0.25, 0.3) is 0 Å². The van der Waals surface area contributed by atoms with Crippen LogP contribution in [-0.2, 0) is 10.1 Å². The molecule has 3 aromatic rings. The molecule has 10 heteroatoms. The van der Waals surface area contributed by atoms with E-state index in [0.29, 0.717) is 0 Å². The van der Waals surface area contributed by atoms with Gasteiger partial charge in [0.15, 0.2) is 4.98 Å². The first kappa shape index (κ1) is 17.0. The summed E-state index contributed by atoms with van der Waals surface area (Å²) in [6.07, 6.45) is 0. The summed E-state index contributed by atoms with van der Waals surface area (Å²) in [5.41, 5.74) is 8.44. The van der Waals surface area contributed by atoms with E-state index in [1.54, 1.807) is 0 Å². The third-order valence-corrected chi connectivity index (χ3v) is 4.82. The summed E-state index contributed by atoms with van der Waals surface area (Å²) in [4.78, 5) is 5.28. The summed E-state index contributed by atoms with van der Waals surface area (Å²) >= 11 is 0. The van der Waals surface area contributed by atoms with Gasteiger partial charge < -0.3 is 9.29 Å². The summed E-state index contributed by atoms with van der Waals surface area (Å²) in [7, 11) is -4.27. The SMILES string of the molecule is N#[N+]c1ccc2c(S(=O)(=O)Oc3cccc(N=[N+]=[N-])c3)cccc2c1[O-]. The zero-order chi connectivity index (χ0) is 18.7. The van der Waals surface area contributed by atoms with Crippen molar-refractivity contribution in [3.63, 3.8) is 0 Å². The highest BCUT2D eigenvalue weighted by molar-refractivity contribution is 7.87. The van der Waals surface area contributed by atoms with E-state index >= 15 is 0 Å². The summed E-state index contributed by atoms with van der Waals surface area (Å²) < 4.78 is 30.4. The second-order valence-electron chi connectivity index (χ2n) is 5.09. The Morgan fingerprint density at radius 3 is 2.58 bits per heavy atom. The number of azide groups is 1. The van der Waals surface area contributed by atoms with Crippen LogP contribution in [0.1, 0.15) is 0 Å². The van der Waals surface area contributed by atoms with Gasteiger partial charge in [0.05, 0.1) is 0 Å². The molecule has 0 aliphatic heterocycles. The van der Waals surface area contributed by atoms with Crippen LogP contribution >= 0.6 is 0 Å². The Kier molecular flexibility index (Phi) is 4.33. The lowest BCUT2D eigenvalue weighted by atomic mass is 10.1. The van der Waals surface area contributed by atoms with Gasteiger partial charge in [0.1, 0.15) is 10.6 Å². The number of benzene rings is 3. The normalized spacial score (nSPS) is 10.7. The number of fused-ring (bicyclic) bond motifs is 1. The molecule has 3 rings (SSSR count). The molecular formula is C16H9N5O4S. The largest absolute Gasteiger partial charge is 0.867 e. The number of rotatable bonds is 4. The first-order valence-electron chi connectivity index (χ1n) is 7.14. The van der Waals surface area contributed by atoms with E-state index in [-0.39, 0.29) is 32.8 Å². The van der Waals surface area contributed by atoms with Crippen molar-refractivity contribution in [2.75, 3.05) is 0 Å². The summed E-state index contributed by atoms with van der Waals surface area (Å²) in [5.74, 6) is -0.649. The third-order valence-electron chi connectivity index (χ3n) is 3.51. The molecule has 128 valence electrons. The summed E-state index contributed by atoms with van der Waals surface area (Å²) in [5, 5.41) is 24.6. The predicted octanol–water partition coefficient (Wildman–Crippen LogP) is 4.11. The maximum atomic E-state index is 12.6. The fourth-order valence-electron chi connectivity index (χ4n) is 2.41. The van der Waals surface area contributed by atoms with Gasteiger partial charge in [-0.05, 0) is 40.9 Å². The molecule has 3 aromatic carbocycles. The van der Waals surface area contributed by atoms with Crippen LogP contribution in [0, 0.1) is 5.39 Å². The van der Waals surface area contributed by atoms with Crippen molar-refractivity contribution in [1.29, 1.82) is 5.39 Å². The monoisotopic (exact) mass is 367 g/mol. The highest BCUT2D eigenvalue weighted by Gasteiger charge is 2.21. The molecule has 0 saturated heterocycles. The zero-order valence-electron chi connectivity index (χ0n) is 13.0. The fourth-order valence-corrected chi connectivity index (χ4v) is 3.55. The lowest BCUT2D eigenvalue weighted by Crippen LogP contribution is -2.10. The molecule has 0 atom stereocenters. The quantitative estimate of drug-likeness (QED) is 0.224. The molecule has 0 heterocycles. The van der Waals surface area contributed by atoms with Crippen LogP contribution in [0.15, 0.2) is 64.6 Å². The van der Waals surface area contributed by atoms with Crippen molar-refractivity contribution in [2.45, 2.75) is 4.90 Å². The number of hydrogen-bond acceptors (Lipinski definition) is 6. The van der Waals surface area contributed by atoms with E-state index in [4.69, 9.17) is 15.1 Å². The predicted molar refractivity (Wildman–Crippen MR) is 91.2 cm³/mol. The molecule has 0 amide bonds. The van der Waals surface area contributed by atoms with E-state index in [0.717, 1.165) is 0 Å². The fraction of sp³-hybridized carbons (Fsp3) is 0. The van der Waals surface area contributed by atoms with Crippen molar-refractivity contribution in [2.24, 2.45) is 5.11 Å². The molecular weight excluding hydrogens is 358 g/mol. The van der Waals surface area contributed by atoms with E-state index in [1.807, 2.05) is 0 Å². The summed E-state index contributed by atoms with van der Waals surface area (Å²) in [6, 6.07) is 12.3. The van der Waals surface area contributed by atoms with Crippen LogP contribution in [0.25, 0.3) is 26.2 Å². The Bertz CT molecular complexity index is 1210. The molecule has 26 heavy (non-hydrogen) atoms. The first-order chi connectivity index (χ1) is 12.5. The van der Waals surface area contributed by atoms with E-state index in [1.165, 1.54) is 54.6 Å². The van der Waals surface area contributed by atoms with Gasteiger partial charge in [-0.25, -0.2) is 0 Å². The molecule has 0 fully saturated rings. The first-order valence-corrected chi connectivity index (χ1v) is 8.54. The van der Waals surface area contributed by atoms with Gasteiger partial charge in [-0.2, -0.15) is 8.42 Å². The van der Waals surface area contributed by atoms with Crippen molar-refractivity contribution in [3.8, 4) is 11.5 Å². The zero-order valence-corrected chi connectivity index (χ0v) is 13.8. The van der Waals surface area contributed by atoms with Crippen LogP contribution in [0.4, 0.5) is 11.4 Å². The van der Waals surface area contributed by atoms with Crippen molar-refractivity contribution >= 4 is 32.3 Å². The average molecular weight is 367 g/mol. The second kappa shape index (κ2) is 6.60. The highest BCUT2D eigenvalue weighted by atomic mass is 32.2. The van der Waals surface area contributed by atoms with E-state index < -0.39 is 15.9 Å². The topological polar surface area (TPSA) is 143 Å². The van der Waals surface area contributed by atoms with Crippen molar-refractivity contribution in [3.05, 3.63) is 70.0 Å². The number of nitrogens with zero attached hydrogens (tertiary/aromatic N) is 5. The number of diazo groups is 1. The van der Waals surface area contributed by atoms with Crippen LogP contribution in [0.5, 0.6) is 11.5 Å². The Morgan fingerprint density at radius 1 is 1.08 bits per heavy atom. The minimum Gasteiger partial charge on any atom is -0.867 e. The molecule has 0 aromatic heterocycles. The van der Waals surface area contributed by atoms with Gasteiger partial charge in [0.2, 0.25) is 5.39 Å². The Hall–Kier alpha value is -3.80. The smallest absolute Gasteiger partial charge is 0.378 e. The molecule has 0 radical (unpaired) electrons. The van der Waals surface area contributed by atoms with Gasteiger partial charge in [-0.3, -0.25) is 0 Å². The molecule has 9 nitrogen and oxygen atoms in total. The standard InChI is InChI=1S/C16H9N5O4S/c17-19-14-8-7-12-13(16(14)22)5-2-6-15(12)26(23,24)25-11-4-1-3-10(9-11)20-21-18/h1-9H. The Balaban J connectivity index is 2.11.